The van der Waals surface area contributed by atoms with E-state index in [0.29, 0.717) is 11.3 Å². The van der Waals surface area contributed by atoms with Crippen LogP contribution in [0.5, 0.6) is 0 Å². The van der Waals surface area contributed by atoms with Crippen molar-refractivity contribution in [3.05, 3.63) is 0 Å². The molecule has 4 nitrogen and oxygen atoms in total. The molecule has 0 aromatic carbocycles. The topological polar surface area (TPSA) is 66.4 Å². The highest BCUT2D eigenvalue weighted by Crippen LogP contribution is 2.39. The van der Waals surface area contributed by atoms with Gasteiger partial charge in [0.05, 0.1) is 0 Å². The maximum absolute atomic E-state index is 12.1. The molecule has 0 heterocycles. The van der Waals surface area contributed by atoms with Crippen LogP contribution in [0.1, 0.15) is 60.3 Å². The van der Waals surface area contributed by atoms with Crippen LogP contribution in [0.15, 0.2) is 0 Å². The number of rotatable bonds is 3. The molecule has 0 radical (unpaired) electrons. The first-order chi connectivity index (χ1) is 8.54. The van der Waals surface area contributed by atoms with E-state index < -0.39 is 11.5 Å². The van der Waals surface area contributed by atoms with Gasteiger partial charge in [-0.2, -0.15) is 0 Å². The number of carbonyl (C=O) groups excluding carboxylic acids is 1. The first kappa shape index (κ1) is 16.0. The molecular formula is C15H27NO3. The molecule has 1 rings (SSSR count). The van der Waals surface area contributed by atoms with Crippen molar-refractivity contribution in [2.45, 2.75) is 65.8 Å². The summed E-state index contributed by atoms with van der Waals surface area (Å²) in [5.74, 6) is -0.481. The lowest BCUT2D eigenvalue weighted by Gasteiger charge is -2.37. The molecule has 1 aliphatic carbocycles. The van der Waals surface area contributed by atoms with Gasteiger partial charge in [0.25, 0.3) is 0 Å². The zero-order valence-electron chi connectivity index (χ0n) is 12.7. The average molecular weight is 269 g/mol. The molecule has 0 spiro atoms. The lowest BCUT2D eigenvalue weighted by atomic mass is 9.69. The summed E-state index contributed by atoms with van der Waals surface area (Å²) in [5, 5.41) is 11.7. The number of aliphatic carboxylic acids is 1. The fourth-order valence-corrected chi connectivity index (χ4v) is 2.69. The fraction of sp³-hybridized carbons (Fsp3) is 0.867. The summed E-state index contributed by atoms with van der Waals surface area (Å²) >= 11 is 0. The summed E-state index contributed by atoms with van der Waals surface area (Å²) in [6.07, 6.45) is 3.83. The van der Waals surface area contributed by atoms with E-state index in [9.17, 15) is 9.59 Å². The Balaban J connectivity index is 2.52. The number of hydrogen-bond acceptors (Lipinski definition) is 2. The van der Waals surface area contributed by atoms with Gasteiger partial charge in [0.2, 0.25) is 5.91 Å². The molecule has 0 aromatic heterocycles. The summed E-state index contributed by atoms with van der Waals surface area (Å²) in [7, 11) is 0. The molecule has 0 unspecified atom stereocenters. The second-order valence-corrected chi connectivity index (χ2v) is 7.33. The molecule has 19 heavy (non-hydrogen) atoms. The minimum atomic E-state index is -1.18. The standard InChI is InChI=1S/C15H27NO3/c1-14(2,3)11-8-6-10(7-9-11)12(17)16-15(4,5)13(18)19/h10-11H,6-9H2,1-5H3,(H,16,17)(H,18,19). The normalized spacial score (nSPS) is 24.9. The van der Waals surface area contributed by atoms with Crippen molar-refractivity contribution in [3.63, 3.8) is 0 Å². The first-order valence-electron chi connectivity index (χ1n) is 7.09. The molecular weight excluding hydrogens is 242 g/mol. The smallest absolute Gasteiger partial charge is 0.328 e. The van der Waals surface area contributed by atoms with Crippen LogP contribution in [0.4, 0.5) is 0 Å². The Morgan fingerprint density at radius 1 is 1.00 bits per heavy atom. The van der Waals surface area contributed by atoms with Gasteiger partial charge >= 0.3 is 5.97 Å². The zero-order valence-corrected chi connectivity index (χ0v) is 12.7. The monoisotopic (exact) mass is 269 g/mol. The van der Waals surface area contributed by atoms with E-state index >= 15 is 0 Å². The molecule has 0 atom stereocenters. The van der Waals surface area contributed by atoms with Crippen molar-refractivity contribution in [1.82, 2.24) is 5.32 Å². The molecule has 1 amide bonds. The minimum Gasteiger partial charge on any atom is -0.480 e. The SMILES string of the molecule is CC(C)(NC(=O)C1CCC(C(C)(C)C)CC1)C(=O)O. The lowest BCUT2D eigenvalue weighted by Crippen LogP contribution is -2.52. The Morgan fingerprint density at radius 3 is 1.84 bits per heavy atom. The number of carboxylic acids is 1. The van der Waals surface area contributed by atoms with Crippen molar-refractivity contribution in [3.8, 4) is 0 Å². The van der Waals surface area contributed by atoms with E-state index in [1.807, 2.05) is 0 Å². The maximum Gasteiger partial charge on any atom is 0.328 e. The van der Waals surface area contributed by atoms with Crippen LogP contribution in [-0.2, 0) is 9.59 Å². The van der Waals surface area contributed by atoms with E-state index in [1.165, 1.54) is 13.8 Å². The lowest BCUT2D eigenvalue weighted by molar-refractivity contribution is -0.147. The molecule has 4 heteroatoms. The van der Waals surface area contributed by atoms with Gasteiger partial charge in [-0.15, -0.1) is 0 Å². The highest BCUT2D eigenvalue weighted by molar-refractivity contribution is 5.87. The van der Waals surface area contributed by atoms with E-state index in [-0.39, 0.29) is 11.8 Å². The van der Waals surface area contributed by atoms with Crippen molar-refractivity contribution >= 4 is 11.9 Å². The zero-order chi connectivity index (χ0) is 14.8. The van der Waals surface area contributed by atoms with Crippen LogP contribution < -0.4 is 5.32 Å². The second kappa shape index (κ2) is 5.51. The van der Waals surface area contributed by atoms with Gasteiger partial charge in [-0.1, -0.05) is 20.8 Å². The van der Waals surface area contributed by atoms with E-state index in [0.717, 1.165) is 25.7 Å². The van der Waals surface area contributed by atoms with Crippen LogP contribution in [0.3, 0.4) is 0 Å². The fourth-order valence-electron chi connectivity index (χ4n) is 2.69. The Morgan fingerprint density at radius 2 is 1.47 bits per heavy atom. The number of carboxylic acid groups (broad SMARTS) is 1. The summed E-state index contributed by atoms with van der Waals surface area (Å²) in [6, 6.07) is 0. The van der Waals surface area contributed by atoms with Gasteiger partial charge in [-0.3, -0.25) is 4.79 Å². The highest BCUT2D eigenvalue weighted by atomic mass is 16.4. The van der Waals surface area contributed by atoms with Crippen LogP contribution >= 0.6 is 0 Å². The molecule has 0 saturated heterocycles. The van der Waals surface area contributed by atoms with Crippen LogP contribution in [0, 0.1) is 17.3 Å². The van der Waals surface area contributed by atoms with Gasteiger partial charge in [0.1, 0.15) is 5.54 Å². The maximum atomic E-state index is 12.1. The molecule has 0 bridgehead atoms. The van der Waals surface area contributed by atoms with Crippen LogP contribution in [0.2, 0.25) is 0 Å². The third kappa shape index (κ3) is 4.22. The molecule has 1 saturated carbocycles. The number of carbonyl (C=O) groups is 2. The molecule has 0 aromatic rings. The van der Waals surface area contributed by atoms with E-state index in [4.69, 9.17) is 5.11 Å². The summed E-state index contributed by atoms with van der Waals surface area (Å²) < 4.78 is 0. The van der Waals surface area contributed by atoms with Gasteiger partial charge in [-0.25, -0.2) is 4.79 Å². The van der Waals surface area contributed by atoms with E-state index in [2.05, 4.69) is 26.1 Å². The second-order valence-electron chi connectivity index (χ2n) is 7.33. The minimum absolute atomic E-state index is 0.0303. The van der Waals surface area contributed by atoms with Crippen molar-refractivity contribution in [2.24, 2.45) is 17.3 Å². The average Bonchev–Trinajstić information content (AvgIpc) is 2.27. The van der Waals surface area contributed by atoms with Gasteiger partial charge in [0, 0.05) is 5.92 Å². The van der Waals surface area contributed by atoms with Crippen molar-refractivity contribution < 1.29 is 14.7 Å². The summed E-state index contributed by atoms with van der Waals surface area (Å²) in [6.45, 7) is 9.77. The molecule has 2 N–H and O–H groups in total. The van der Waals surface area contributed by atoms with E-state index in [1.54, 1.807) is 0 Å². The Hall–Kier alpha value is -1.06. The molecule has 110 valence electrons. The van der Waals surface area contributed by atoms with Gasteiger partial charge < -0.3 is 10.4 Å². The Labute approximate surface area is 116 Å². The highest BCUT2D eigenvalue weighted by Gasteiger charge is 2.35. The van der Waals surface area contributed by atoms with Crippen LogP contribution in [0.25, 0.3) is 0 Å². The third-order valence-corrected chi connectivity index (χ3v) is 4.29. The number of amides is 1. The summed E-state index contributed by atoms with van der Waals surface area (Å²) in [4.78, 5) is 23.1. The first-order valence-corrected chi connectivity index (χ1v) is 7.09. The quantitative estimate of drug-likeness (QED) is 0.828. The predicted octanol–water partition coefficient (Wildman–Crippen LogP) is 2.82. The van der Waals surface area contributed by atoms with Crippen LogP contribution in [-0.4, -0.2) is 22.5 Å². The molecule has 1 fully saturated rings. The van der Waals surface area contributed by atoms with Gasteiger partial charge in [-0.05, 0) is 50.9 Å². The molecule has 0 aliphatic heterocycles. The van der Waals surface area contributed by atoms with Crippen molar-refractivity contribution in [2.75, 3.05) is 0 Å². The summed E-state index contributed by atoms with van der Waals surface area (Å²) in [5.41, 5.74) is -0.889. The molecule has 1 aliphatic rings. The number of nitrogens with one attached hydrogen (secondary N) is 1. The largest absolute Gasteiger partial charge is 0.480 e. The Bertz CT molecular complexity index is 347. The predicted molar refractivity (Wildman–Crippen MR) is 74.8 cm³/mol. The number of hydrogen-bond donors (Lipinski definition) is 2. The van der Waals surface area contributed by atoms with Gasteiger partial charge in [0.15, 0.2) is 0 Å². The Kier molecular flexibility index (Phi) is 4.64. The third-order valence-electron chi connectivity index (χ3n) is 4.29. The van der Waals surface area contributed by atoms with Crippen molar-refractivity contribution in [1.29, 1.82) is 0 Å².